The highest BCUT2D eigenvalue weighted by atomic mass is 19.1. The number of hydrogen-bond donors (Lipinski definition) is 1. The number of nitrogens with zero attached hydrogens (tertiary/aromatic N) is 3. The van der Waals surface area contributed by atoms with Crippen LogP contribution < -0.4 is 10.9 Å². The first-order chi connectivity index (χ1) is 13.9. The molecule has 0 fully saturated rings. The molecule has 4 rings (SSSR count). The van der Waals surface area contributed by atoms with Crippen molar-refractivity contribution < 1.29 is 18.0 Å². The molecule has 0 aliphatic heterocycles. The number of oxazole rings is 1. The molecule has 0 bridgehead atoms. The second-order valence-corrected chi connectivity index (χ2v) is 6.36. The molecule has 1 atom stereocenters. The van der Waals surface area contributed by atoms with Crippen LogP contribution >= 0.6 is 0 Å². The average molecular weight is 396 g/mol. The van der Waals surface area contributed by atoms with E-state index in [-0.39, 0.29) is 5.69 Å². The number of nitrogens with one attached hydrogen (secondary N) is 1. The first-order valence-electron chi connectivity index (χ1n) is 8.61. The summed E-state index contributed by atoms with van der Waals surface area (Å²) >= 11 is 0. The third-order valence-corrected chi connectivity index (χ3v) is 4.33. The Bertz CT molecular complexity index is 1260. The van der Waals surface area contributed by atoms with Gasteiger partial charge in [0.1, 0.15) is 23.2 Å². The Kier molecular flexibility index (Phi) is 4.63. The molecule has 1 amide bonds. The van der Waals surface area contributed by atoms with Crippen molar-refractivity contribution in [2.45, 2.75) is 13.0 Å². The Morgan fingerprint density at radius 3 is 2.62 bits per heavy atom. The number of benzene rings is 2. The van der Waals surface area contributed by atoms with E-state index in [1.54, 1.807) is 18.2 Å². The van der Waals surface area contributed by atoms with Crippen molar-refractivity contribution in [1.82, 2.24) is 14.8 Å². The van der Waals surface area contributed by atoms with Gasteiger partial charge in [0, 0.05) is 23.4 Å². The number of hydrogen-bond acceptors (Lipinski definition) is 5. The molecule has 4 aromatic rings. The summed E-state index contributed by atoms with van der Waals surface area (Å²) in [5.74, 6) is -2.30. The van der Waals surface area contributed by atoms with Crippen molar-refractivity contribution in [3.63, 3.8) is 0 Å². The molecule has 1 unspecified atom stereocenters. The highest BCUT2D eigenvalue weighted by molar-refractivity contribution is 5.93. The van der Waals surface area contributed by atoms with Crippen LogP contribution in [-0.4, -0.2) is 20.7 Å². The Hall–Kier alpha value is -3.88. The minimum Gasteiger partial charge on any atom is -0.443 e. The van der Waals surface area contributed by atoms with Crippen LogP contribution in [0.2, 0.25) is 0 Å². The van der Waals surface area contributed by atoms with Gasteiger partial charge in [-0.05, 0) is 43.3 Å². The van der Waals surface area contributed by atoms with E-state index in [0.29, 0.717) is 28.4 Å². The first kappa shape index (κ1) is 18.5. The molecular weight excluding hydrogens is 382 g/mol. The lowest BCUT2D eigenvalue weighted by molar-refractivity contribution is -0.119. The SMILES string of the molecule is CC(C(=O)Nc1cc(F)cc(F)c1)n1nc(-c2ccc3ocnc3c2)ccc1=O. The van der Waals surface area contributed by atoms with Gasteiger partial charge >= 0.3 is 0 Å². The van der Waals surface area contributed by atoms with Crippen LogP contribution in [0.15, 0.2) is 64.1 Å². The van der Waals surface area contributed by atoms with Gasteiger partial charge in [-0.25, -0.2) is 18.4 Å². The standard InChI is InChI=1S/C20H14F2N4O3/c1-11(20(28)24-15-8-13(21)7-14(22)9-15)26-19(27)5-3-16(25-26)12-2-4-18-17(6-12)23-10-29-18/h2-11H,1H3,(H,24,28). The molecule has 0 saturated carbocycles. The number of amides is 1. The zero-order valence-electron chi connectivity index (χ0n) is 15.1. The lowest BCUT2D eigenvalue weighted by Gasteiger charge is -2.15. The van der Waals surface area contributed by atoms with Gasteiger partial charge in [-0.3, -0.25) is 9.59 Å². The summed E-state index contributed by atoms with van der Waals surface area (Å²) in [7, 11) is 0. The van der Waals surface area contributed by atoms with Crippen molar-refractivity contribution in [1.29, 1.82) is 0 Å². The van der Waals surface area contributed by atoms with E-state index in [4.69, 9.17) is 4.42 Å². The average Bonchev–Trinajstić information content (AvgIpc) is 3.14. The van der Waals surface area contributed by atoms with Gasteiger partial charge in [-0.15, -0.1) is 0 Å². The van der Waals surface area contributed by atoms with Crippen molar-refractivity contribution in [3.8, 4) is 11.3 Å². The molecule has 2 aromatic heterocycles. The maximum atomic E-state index is 13.3. The molecule has 0 saturated heterocycles. The molecule has 0 aliphatic carbocycles. The summed E-state index contributed by atoms with van der Waals surface area (Å²) in [4.78, 5) is 28.8. The van der Waals surface area contributed by atoms with Crippen molar-refractivity contribution in [2.24, 2.45) is 0 Å². The summed E-state index contributed by atoms with van der Waals surface area (Å²) in [6.45, 7) is 1.46. The summed E-state index contributed by atoms with van der Waals surface area (Å²) in [5.41, 5.74) is 1.81. The fourth-order valence-electron chi connectivity index (χ4n) is 2.86. The Morgan fingerprint density at radius 1 is 1.10 bits per heavy atom. The topological polar surface area (TPSA) is 90.0 Å². The largest absolute Gasteiger partial charge is 0.443 e. The second-order valence-electron chi connectivity index (χ2n) is 6.36. The lowest BCUT2D eigenvalue weighted by Crippen LogP contribution is -2.33. The zero-order valence-corrected chi connectivity index (χ0v) is 15.1. The fraction of sp³-hybridized carbons (Fsp3) is 0.100. The number of anilines is 1. The quantitative estimate of drug-likeness (QED) is 0.570. The van der Waals surface area contributed by atoms with Crippen molar-refractivity contribution in [2.75, 3.05) is 5.32 Å². The van der Waals surface area contributed by atoms with Crippen LogP contribution in [-0.2, 0) is 4.79 Å². The van der Waals surface area contributed by atoms with E-state index < -0.39 is 29.1 Å². The van der Waals surface area contributed by atoms with E-state index in [1.807, 2.05) is 0 Å². The van der Waals surface area contributed by atoms with E-state index in [1.165, 1.54) is 25.5 Å². The molecular formula is C20H14F2N4O3. The molecule has 29 heavy (non-hydrogen) atoms. The maximum absolute atomic E-state index is 13.3. The minimum atomic E-state index is -1.02. The predicted molar refractivity (Wildman–Crippen MR) is 101 cm³/mol. The Balaban J connectivity index is 1.64. The van der Waals surface area contributed by atoms with Gasteiger partial charge in [0.05, 0.1) is 5.69 Å². The highest BCUT2D eigenvalue weighted by Crippen LogP contribution is 2.22. The molecule has 1 N–H and O–H groups in total. The molecule has 7 nitrogen and oxygen atoms in total. The number of carbonyl (C=O) groups excluding carboxylic acids is 1. The highest BCUT2D eigenvalue weighted by Gasteiger charge is 2.19. The van der Waals surface area contributed by atoms with Crippen molar-refractivity contribution >= 4 is 22.7 Å². The normalized spacial score (nSPS) is 12.1. The van der Waals surface area contributed by atoms with Gasteiger partial charge in [0.25, 0.3) is 5.56 Å². The van der Waals surface area contributed by atoms with Gasteiger partial charge in [-0.2, -0.15) is 5.10 Å². The van der Waals surface area contributed by atoms with Gasteiger partial charge in [0.15, 0.2) is 12.0 Å². The summed E-state index contributed by atoms with van der Waals surface area (Å²) < 4.78 is 32.9. The van der Waals surface area contributed by atoms with E-state index >= 15 is 0 Å². The third-order valence-electron chi connectivity index (χ3n) is 4.33. The van der Waals surface area contributed by atoms with E-state index in [0.717, 1.165) is 16.8 Å². The number of carbonyl (C=O) groups is 1. The smallest absolute Gasteiger partial charge is 0.267 e. The van der Waals surface area contributed by atoms with Crippen LogP contribution in [0.3, 0.4) is 0 Å². The molecule has 2 aromatic carbocycles. The second kappa shape index (κ2) is 7.27. The monoisotopic (exact) mass is 396 g/mol. The Labute approximate surface area is 162 Å². The Morgan fingerprint density at radius 2 is 1.86 bits per heavy atom. The van der Waals surface area contributed by atoms with Gasteiger partial charge < -0.3 is 9.73 Å². The van der Waals surface area contributed by atoms with Crippen LogP contribution in [0, 0.1) is 11.6 Å². The molecule has 0 spiro atoms. The summed E-state index contributed by atoms with van der Waals surface area (Å²) in [6.07, 6.45) is 1.32. The van der Waals surface area contributed by atoms with Crippen LogP contribution in [0.5, 0.6) is 0 Å². The number of aromatic nitrogens is 3. The molecule has 0 radical (unpaired) electrons. The minimum absolute atomic E-state index is 0.0555. The van der Waals surface area contributed by atoms with Crippen LogP contribution in [0.25, 0.3) is 22.4 Å². The fourth-order valence-corrected chi connectivity index (χ4v) is 2.86. The zero-order chi connectivity index (χ0) is 20.5. The predicted octanol–water partition coefficient (Wildman–Crippen LogP) is 3.53. The van der Waals surface area contributed by atoms with Gasteiger partial charge in [0.2, 0.25) is 5.91 Å². The first-order valence-corrected chi connectivity index (χ1v) is 8.61. The third kappa shape index (κ3) is 3.75. The number of fused-ring (bicyclic) bond motifs is 1. The molecule has 2 heterocycles. The number of rotatable bonds is 4. The maximum Gasteiger partial charge on any atom is 0.267 e. The summed E-state index contributed by atoms with van der Waals surface area (Å²) in [6, 6.07) is 9.68. The molecule has 146 valence electrons. The number of halogens is 2. The van der Waals surface area contributed by atoms with E-state index in [9.17, 15) is 18.4 Å². The van der Waals surface area contributed by atoms with Crippen molar-refractivity contribution in [3.05, 3.63) is 76.9 Å². The molecule has 9 heteroatoms. The summed E-state index contributed by atoms with van der Waals surface area (Å²) in [5, 5.41) is 6.66. The van der Waals surface area contributed by atoms with Crippen LogP contribution in [0.1, 0.15) is 13.0 Å². The van der Waals surface area contributed by atoms with E-state index in [2.05, 4.69) is 15.4 Å². The van der Waals surface area contributed by atoms with Crippen LogP contribution in [0.4, 0.5) is 14.5 Å². The molecule has 0 aliphatic rings. The lowest BCUT2D eigenvalue weighted by atomic mass is 10.1. The van der Waals surface area contributed by atoms with Gasteiger partial charge in [-0.1, -0.05) is 0 Å².